The highest BCUT2D eigenvalue weighted by molar-refractivity contribution is 7.15. The third kappa shape index (κ3) is 4.05. The van der Waals surface area contributed by atoms with Crippen LogP contribution >= 0.6 is 11.3 Å². The summed E-state index contributed by atoms with van der Waals surface area (Å²) in [5, 5.41) is 10.4. The van der Waals surface area contributed by atoms with Crippen molar-refractivity contribution in [1.29, 1.82) is 0 Å². The Bertz CT molecular complexity index is 1830. The summed E-state index contributed by atoms with van der Waals surface area (Å²) in [6.07, 6.45) is 7.18. The van der Waals surface area contributed by atoms with Gasteiger partial charge in [0.05, 0.1) is 23.1 Å². The summed E-state index contributed by atoms with van der Waals surface area (Å²) in [4.78, 5) is 23.5. The van der Waals surface area contributed by atoms with Crippen molar-refractivity contribution in [2.24, 2.45) is 7.05 Å². The molecule has 0 amide bonds. The second-order valence-corrected chi connectivity index (χ2v) is 9.62. The highest BCUT2D eigenvalue weighted by Gasteiger charge is 2.26. The zero-order chi connectivity index (χ0) is 25.5. The highest BCUT2D eigenvalue weighted by Crippen LogP contribution is 2.35. The number of rotatable bonds is 5. The van der Waals surface area contributed by atoms with Crippen molar-refractivity contribution in [3.05, 3.63) is 89.1 Å². The van der Waals surface area contributed by atoms with Crippen molar-refractivity contribution in [1.82, 2.24) is 33.8 Å². The summed E-state index contributed by atoms with van der Waals surface area (Å²) in [6.45, 7) is 2.01. The molecule has 1 aromatic carbocycles. The highest BCUT2D eigenvalue weighted by atomic mass is 32.1. The molecule has 5 aromatic heterocycles. The van der Waals surface area contributed by atoms with Crippen molar-refractivity contribution < 1.29 is 4.79 Å². The predicted octanol–water partition coefficient (Wildman–Crippen LogP) is 4.20. The predicted molar refractivity (Wildman–Crippen MR) is 142 cm³/mol. The molecule has 0 saturated heterocycles. The second-order valence-electron chi connectivity index (χ2n) is 8.78. The van der Waals surface area contributed by atoms with E-state index in [1.807, 2.05) is 55.9 Å². The quantitative estimate of drug-likeness (QED) is 0.277. The molecule has 5 heterocycles. The number of nitrogen functional groups attached to an aromatic ring is 1. The van der Waals surface area contributed by atoms with Crippen LogP contribution in [0.1, 0.15) is 46.6 Å². The SMILES string of the molecule is C[C@H](CC(=O)c1c(N)nn2cccnc12)c1nc2scc(C#Cc3cnn(C)c3)n2c1-c1ccccc1. The lowest BCUT2D eigenvalue weighted by molar-refractivity contribution is 0.0977. The van der Waals surface area contributed by atoms with Gasteiger partial charge in [0.15, 0.2) is 22.2 Å². The zero-order valence-electron chi connectivity index (χ0n) is 20.2. The summed E-state index contributed by atoms with van der Waals surface area (Å²) >= 11 is 1.52. The molecule has 0 bridgehead atoms. The molecular formula is C27H22N8OS. The largest absolute Gasteiger partial charge is 0.382 e. The van der Waals surface area contributed by atoms with E-state index in [0.29, 0.717) is 11.2 Å². The maximum absolute atomic E-state index is 13.4. The second kappa shape index (κ2) is 9.04. The molecule has 182 valence electrons. The van der Waals surface area contributed by atoms with Crippen LogP contribution < -0.4 is 5.73 Å². The summed E-state index contributed by atoms with van der Waals surface area (Å²) in [5.74, 6) is 6.34. The van der Waals surface area contributed by atoms with E-state index in [1.165, 1.54) is 15.9 Å². The molecule has 37 heavy (non-hydrogen) atoms. The van der Waals surface area contributed by atoms with Crippen LogP contribution in [0, 0.1) is 11.8 Å². The number of aromatic nitrogens is 7. The average Bonchev–Trinajstić information content (AvgIpc) is 3.65. The van der Waals surface area contributed by atoms with Crippen molar-refractivity contribution >= 4 is 33.5 Å². The van der Waals surface area contributed by atoms with E-state index < -0.39 is 0 Å². The minimum absolute atomic E-state index is 0.120. The lowest BCUT2D eigenvalue weighted by Crippen LogP contribution is -2.09. The van der Waals surface area contributed by atoms with Crippen LogP contribution in [0.4, 0.5) is 5.82 Å². The van der Waals surface area contributed by atoms with Gasteiger partial charge in [-0.05, 0) is 12.0 Å². The molecule has 0 saturated carbocycles. The number of Topliss-reactive ketones (excluding diaryl/α,β-unsaturated/α-hetero) is 1. The van der Waals surface area contributed by atoms with Crippen LogP contribution in [-0.4, -0.2) is 39.5 Å². The van der Waals surface area contributed by atoms with Crippen LogP contribution in [0.25, 0.3) is 21.9 Å². The monoisotopic (exact) mass is 506 g/mol. The number of aryl methyl sites for hydroxylation is 1. The molecule has 0 radical (unpaired) electrons. The molecule has 0 aliphatic heterocycles. The van der Waals surface area contributed by atoms with Crippen LogP contribution in [0.2, 0.25) is 0 Å². The van der Waals surface area contributed by atoms with Gasteiger partial charge in [-0.25, -0.2) is 14.5 Å². The van der Waals surface area contributed by atoms with Crippen molar-refractivity contribution in [3.8, 4) is 23.1 Å². The van der Waals surface area contributed by atoms with E-state index in [1.54, 1.807) is 29.3 Å². The van der Waals surface area contributed by atoms with Crippen LogP contribution in [0.15, 0.2) is 66.6 Å². The molecule has 0 aliphatic carbocycles. The molecule has 0 fully saturated rings. The third-order valence-corrected chi connectivity index (χ3v) is 6.96. The van der Waals surface area contributed by atoms with E-state index in [-0.39, 0.29) is 23.9 Å². The van der Waals surface area contributed by atoms with Crippen molar-refractivity contribution in [2.45, 2.75) is 19.3 Å². The summed E-state index contributed by atoms with van der Waals surface area (Å²) in [6, 6.07) is 11.8. The number of ketones is 1. The number of hydrogen-bond donors (Lipinski definition) is 1. The van der Waals surface area contributed by atoms with Crippen LogP contribution in [0.3, 0.4) is 0 Å². The number of thiazole rings is 1. The normalized spacial score (nSPS) is 12.1. The van der Waals surface area contributed by atoms with Gasteiger partial charge in [0.25, 0.3) is 0 Å². The van der Waals surface area contributed by atoms with Gasteiger partial charge in [0, 0.05) is 48.9 Å². The topological polar surface area (TPSA) is 108 Å². The minimum atomic E-state index is -0.188. The van der Waals surface area contributed by atoms with Crippen LogP contribution in [0.5, 0.6) is 0 Å². The van der Waals surface area contributed by atoms with E-state index in [2.05, 4.69) is 31.4 Å². The number of carbonyl (C=O) groups excluding carboxylic acids is 1. The Morgan fingerprint density at radius 2 is 2.03 bits per heavy atom. The number of fused-ring (bicyclic) bond motifs is 2. The Kier molecular flexibility index (Phi) is 5.54. The standard InChI is InChI=1S/C27H22N8OS/c1-17(13-21(36)22-25(28)32-34-12-6-11-29-26(22)34)23-24(19-7-4-3-5-8-19)35-20(16-37-27(35)31-23)10-9-18-14-30-33(2)15-18/h3-8,11-12,14-17H,13H2,1-2H3,(H2,28,32)/t17-/m1/s1. The van der Waals surface area contributed by atoms with Gasteiger partial charge in [-0.15, -0.1) is 16.4 Å². The van der Waals surface area contributed by atoms with Gasteiger partial charge in [-0.1, -0.05) is 43.2 Å². The Morgan fingerprint density at radius 3 is 2.81 bits per heavy atom. The molecule has 6 aromatic rings. The van der Waals surface area contributed by atoms with Crippen molar-refractivity contribution in [2.75, 3.05) is 5.73 Å². The average molecular weight is 507 g/mol. The van der Waals surface area contributed by atoms with Gasteiger partial charge in [0.2, 0.25) is 0 Å². The summed E-state index contributed by atoms with van der Waals surface area (Å²) < 4.78 is 5.33. The van der Waals surface area contributed by atoms with E-state index >= 15 is 0 Å². The van der Waals surface area contributed by atoms with Crippen molar-refractivity contribution in [3.63, 3.8) is 0 Å². The fourth-order valence-electron chi connectivity index (χ4n) is 4.45. The molecule has 2 N–H and O–H groups in total. The Morgan fingerprint density at radius 1 is 1.19 bits per heavy atom. The lowest BCUT2D eigenvalue weighted by Gasteiger charge is -2.12. The maximum atomic E-state index is 13.4. The maximum Gasteiger partial charge on any atom is 0.195 e. The number of carbonyl (C=O) groups is 1. The van der Waals surface area contributed by atoms with E-state index in [9.17, 15) is 4.79 Å². The smallest absolute Gasteiger partial charge is 0.195 e. The zero-order valence-corrected chi connectivity index (χ0v) is 21.0. The van der Waals surface area contributed by atoms with Gasteiger partial charge < -0.3 is 5.73 Å². The minimum Gasteiger partial charge on any atom is -0.382 e. The van der Waals surface area contributed by atoms with E-state index in [0.717, 1.165) is 33.2 Å². The Labute approximate surface area is 216 Å². The molecule has 0 spiro atoms. The molecule has 6 rings (SSSR count). The molecule has 9 nitrogen and oxygen atoms in total. The van der Waals surface area contributed by atoms with E-state index in [4.69, 9.17) is 10.7 Å². The number of hydrogen-bond acceptors (Lipinski definition) is 7. The first-order valence-corrected chi connectivity index (χ1v) is 12.6. The summed E-state index contributed by atoms with van der Waals surface area (Å²) in [5.41, 5.74) is 11.3. The number of nitrogens with two attached hydrogens (primary N) is 1. The fraction of sp³-hybridized carbons (Fsp3) is 0.148. The number of anilines is 1. The van der Waals surface area contributed by atoms with Gasteiger partial charge in [-0.3, -0.25) is 13.9 Å². The molecule has 10 heteroatoms. The van der Waals surface area contributed by atoms with Gasteiger partial charge in [0.1, 0.15) is 11.3 Å². The molecule has 0 aliphatic rings. The van der Waals surface area contributed by atoms with Crippen LogP contribution in [-0.2, 0) is 7.05 Å². The fourth-order valence-corrected chi connectivity index (χ4v) is 5.28. The third-order valence-electron chi connectivity index (χ3n) is 6.14. The first kappa shape index (κ1) is 22.7. The first-order valence-electron chi connectivity index (χ1n) is 11.7. The Balaban J connectivity index is 1.42. The first-order chi connectivity index (χ1) is 18.0. The molecular weight excluding hydrogens is 484 g/mol. The summed E-state index contributed by atoms with van der Waals surface area (Å²) in [7, 11) is 1.86. The lowest BCUT2D eigenvalue weighted by atomic mass is 9.94. The molecule has 1 atom stereocenters. The van der Waals surface area contributed by atoms with Gasteiger partial charge >= 0.3 is 0 Å². The Hall–Kier alpha value is -4.75. The molecule has 0 unspecified atom stereocenters. The van der Waals surface area contributed by atoms with Gasteiger partial charge in [-0.2, -0.15) is 5.10 Å². The number of nitrogens with zero attached hydrogens (tertiary/aromatic N) is 7. The number of benzene rings is 1. The number of imidazole rings is 1.